The molecule has 0 saturated heterocycles. The molecule has 2 heterocycles. The molecule has 0 atom stereocenters. The number of rotatable bonds is 4. The fourth-order valence-corrected chi connectivity index (χ4v) is 3.81. The Morgan fingerprint density at radius 3 is 2.71 bits per heavy atom. The summed E-state index contributed by atoms with van der Waals surface area (Å²) in [4.78, 5) is 9.71. The topological polar surface area (TPSA) is 76.2 Å². The van der Waals surface area contributed by atoms with E-state index in [1.165, 1.54) is 22.7 Å². The van der Waals surface area contributed by atoms with Gasteiger partial charge in [0.1, 0.15) is 0 Å². The summed E-state index contributed by atoms with van der Waals surface area (Å²) in [6.45, 7) is 3.80. The first-order chi connectivity index (χ1) is 11.4. The highest BCUT2D eigenvalue weighted by molar-refractivity contribution is 7.19. The first kappa shape index (κ1) is 17.2. The van der Waals surface area contributed by atoms with Crippen LogP contribution in [0.2, 0.25) is 10.0 Å². The highest BCUT2D eigenvalue weighted by atomic mass is 35.5. The molecule has 0 aliphatic rings. The van der Waals surface area contributed by atoms with Gasteiger partial charge in [-0.15, -0.1) is 11.3 Å². The Morgan fingerprint density at radius 2 is 2.04 bits per heavy atom. The molecular formula is C15H13Cl2N5S2. The quantitative estimate of drug-likeness (QED) is 0.462. The first-order valence-electron chi connectivity index (χ1n) is 6.88. The number of halogens is 2. The molecule has 1 aromatic carbocycles. The van der Waals surface area contributed by atoms with Crippen molar-refractivity contribution in [3.63, 3.8) is 0 Å². The number of thiazole rings is 2. The number of hydrogen-bond donors (Lipinski definition) is 2. The van der Waals surface area contributed by atoms with Gasteiger partial charge < -0.3 is 5.73 Å². The highest BCUT2D eigenvalue weighted by Crippen LogP contribution is 2.33. The molecule has 0 radical (unpaired) electrons. The van der Waals surface area contributed by atoms with Crippen LogP contribution in [0.25, 0.3) is 10.6 Å². The summed E-state index contributed by atoms with van der Waals surface area (Å²) in [7, 11) is 0. The van der Waals surface area contributed by atoms with Gasteiger partial charge in [-0.25, -0.2) is 9.97 Å². The standard InChI is InChI=1S/C15H13Cl2N5S2/c1-7(9-3-4-10(16)11(17)5-9)21-22-15-20-12(6-23-15)13-8(2)19-14(18)24-13/h3-6H,1-2H3,(H2,18,19)(H,20,22)/b21-7+. The zero-order valence-corrected chi connectivity index (χ0v) is 15.9. The van der Waals surface area contributed by atoms with Crippen molar-refractivity contribution in [3.8, 4) is 10.6 Å². The van der Waals surface area contributed by atoms with E-state index in [1.807, 2.05) is 25.3 Å². The summed E-state index contributed by atoms with van der Waals surface area (Å²) in [6.07, 6.45) is 0. The van der Waals surface area contributed by atoms with E-state index in [4.69, 9.17) is 28.9 Å². The van der Waals surface area contributed by atoms with Gasteiger partial charge in [0.25, 0.3) is 0 Å². The fourth-order valence-electron chi connectivity index (χ4n) is 2.00. The Morgan fingerprint density at radius 1 is 1.25 bits per heavy atom. The number of benzene rings is 1. The van der Waals surface area contributed by atoms with Crippen LogP contribution in [0.15, 0.2) is 28.7 Å². The van der Waals surface area contributed by atoms with Gasteiger partial charge in [-0.2, -0.15) is 5.10 Å². The van der Waals surface area contributed by atoms with E-state index in [9.17, 15) is 0 Å². The number of hydrazone groups is 1. The van der Waals surface area contributed by atoms with E-state index in [0.29, 0.717) is 20.3 Å². The van der Waals surface area contributed by atoms with Gasteiger partial charge in [0.15, 0.2) is 5.13 Å². The molecule has 5 nitrogen and oxygen atoms in total. The number of aryl methyl sites for hydroxylation is 1. The van der Waals surface area contributed by atoms with Crippen LogP contribution in [0.4, 0.5) is 10.3 Å². The maximum Gasteiger partial charge on any atom is 0.203 e. The lowest BCUT2D eigenvalue weighted by Gasteiger charge is -2.03. The molecule has 0 aliphatic heterocycles. The molecule has 124 valence electrons. The first-order valence-corrected chi connectivity index (χ1v) is 9.34. The second-order valence-corrected chi connectivity index (χ2v) is 7.65. The molecule has 0 unspecified atom stereocenters. The second kappa shape index (κ2) is 7.06. The third kappa shape index (κ3) is 3.70. The van der Waals surface area contributed by atoms with Gasteiger partial charge in [0.05, 0.1) is 32.0 Å². The van der Waals surface area contributed by atoms with Crippen molar-refractivity contribution in [2.45, 2.75) is 13.8 Å². The molecule has 2 aromatic heterocycles. The number of nitrogens with zero attached hydrogens (tertiary/aromatic N) is 3. The second-order valence-electron chi connectivity index (χ2n) is 4.94. The summed E-state index contributed by atoms with van der Waals surface area (Å²) in [5, 5.41) is 8.54. The monoisotopic (exact) mass is 397 g/mol. The minimum Gasteiger partial charge on any atom is -0.375 e. The van der Waals surface area contributed by atoms with Crippen LogP contribution in [0, 0.1) is 6.92 Å². The molecular weight excluding hydrogens is 385 g/mol. The van der Waals surface area contributed by atoms with E-state index in [1.54, 1.807) is 12.1 Å². The van der Waals surface area contributed by atoms with Crippen LogP contribution in [0.5, 0.6) is 0 Å². The van der Waals surface area contributed by atoms with Crippen molar-refractivity contribution in [1.82, 2.24) is 9.97 Å². The molecule has 0 bridgehead atoms. The van der Waals surface area contributed by atoms with E-state index in [0.717, 1.165) is 27.5 Å². The van der Waals surface area contributed by atoms with Gasteiger partial charge in [-0.3, -0.25) is 5.43 Å². The predicted molar refractivity (Wildman–Crippen MR) is 105 cm³/mol. The van der Waals surface area contributed by atoms with Crippen molar-refractivity contribution in [2.75, 3.05) is 11.2 Å². The number of nitrogens with one attached hydrogen (secondary N) is 1. The zero-order valence-electron chi connectivity index (χ0n) is 12.8. The van der Waals surface area contributed by atoms with Gasteiger partial charge >= 0.3 is 0 Å². The summed E-state index contributed by atoms with van der Waals surface area (Å²) < 4.78 is 0. The number of nitrogens with two attached hydrogens (primary N) is 1. The Hall–Kier alpha value is -1.67. The molecule has 24 heavy (non-hydrogen) atoms. The van der Waals surface area contributed by atoms with E-state index < -0.39 is 0 Å². The SMILES string of the molecule is C/C(=N\Nc1nc(-c2sc(N)nc2C)cs1)c1ccc(Cl)c(Cl)c1. The third-order valence-corrected chi connectivity index (χ3v) is 5.70. The van der Waals surface area contributed by atoms with Gasteiger partial charge in [-0.1, -0.05) is 40.6 Å². The summed E-state index contributed by atoms with van der Waals surface area (Å²) in [5.74, 6) is 0. The Kier molecular flexibility index (Phi) is 5.05. The molecule has 0 aliphatic carbocycles. The number of anilines is 2. The van der Waals surface area contributed by atoms with Crippen LogP contribution in [0.1, 0.15) is 18.2 Å². The molecule has 0 amide bonds. The van der Waals surface area contributed by atoms with Crippen molar-refractivity contribution in [2.24, 2.45) is 5.10 Å². The summed E-state index contributed by atoms with van der Waals surface area (Å²) in [5.41, 5.74) is 12.1. The van der Waals surface area contributed by atoms with Crippen LogP contribution in [-0.4, -0.2) is 15.7 Å². The number of hydrogen-bond acceptors (Lipinski definition) is 7. The maximum atomic E-state index is 6.03. The average molecular weight is 398 g/mol. The van der Waals surface area contributed by atoms with Crippen molar-refractivity contribution in [3.05, 3.63) is 44.9 Å². The normalized spacial score (nSPS) is 11.8. The van der Waals surface area contributed by atoms with E-state index in [2.05, 4.69) is 20.5 Å². The van der Waals surface area contributed by atoms with Gasteiger partial charge in [0, 0.05) is 5.38 Å². The minimum absolute atomic E-state index is 0.499. The van der Waals surface area contributed by atoms with E-state index in [-0.39, 0.29) is 0 Å². The smallest absolute Gasteiger partial charge is 0.203 e. The number of aromatic nitrogens is 2. The van der Waals surface area contributed by atoms with Gasteiger partial charge in [-0.05, 0) is 31.5 Å². The molecule has 0 spiro atoms. The van der Waals surface area contributed by atoms with Crippen LogP contribution in [-0.2, 0) is 0 Å². The van der Waals surface area contributed by atoms with Gasteiger partial charge in [0.2, 0.25) is 5.13 Å². The number of nitrogen functional groups attached to an aromatic ring is 1. The predicted octanol–water partition coefficient (Wildman–Crippen LogP) is 5.30. The summed E-state index contributed by atoms with van der Waals surface area (Å²) >= 11 is 14.8. The molecule has 0 fully saturated rings. The third-order valence-electron chi connectivity index (χ3n) is 3.21. The van der Waals surface area contributed by atoms with Crippen LogP contribution >= 0.6 is 45.9 Å². The Balaban J connectivity index is 1.77. The van der Waals surface area contributed by atoms with E-state index >= 15 is 0 Å². The lowest BCUT2D eigenvalue weighted by atomic mass is 10.1. The van der Waals surface area contributed by atoms with Crippen LogP contribution < -0.4 is 11.2 Å². The lowest BCUT2D eigenvalue weighted by Crippen LogP contribution is -1.99. The zero-order chi connectivity index (χ0) is 17.3. The molecule has 0 saturated carbocycles. The lowest BCUT2D eigenvalue weighted by molar-refractivity contribution is 1.25. The fraction of sp³-hybridized carbons (Fsp3) is 0.133. The van der Waals surface area contributed by atoms with Crippen molar-refractivity contribution in [1.29, 1.82) is 0 Å². The maximum absolute atomic E-state index is 6.03. The van der Waals surface area contributed by atoms with Crippen molar-refractivity contribution >= 4 is 61.9 Å². The Bertz CT molecular complexity index is 916. The molecule has 9 heteroatoms. The largest absolute Gasteiger partial charge is 0.375 e. The highest BCUT2D eigenvalue weighted by Gasteiger charge is 2.11. The van der Waals surface area contributed by atoms with Crippen molar-refractivity contribution < 1.29 is 0 Å². The minimum atomic E-state index is 0.499. The Labute approximate surface area is 157 Å². The average Bonchev–Trinajstić information content (AvgIpc) is 3.13. The van der Waals surface area contributed by atoms with Crippen LogP contribution in [0.3, 0.4) is 0 Å². The molecule has 3 N–H and O–H groups in total. The summed E-state index contributed by atoms with van der Waals surface area (Å²) in [6, 6.07) is 5.39. The molecule has 3 rings (SSSR count). The molecule has 3 aromatic rings.